The number of aliphatic hydroxyl groups is 1. The molecule has 0 heterocycles. The van der Waals surface area contributed by atoms with Gasteiger partial charge in [0.25, 0.3) is 0 Å². The SMILES string of the molecule is O=C(O)CCCCCCCCCCCCCCCCCCCCC/C=C\CCCCCCO. The maximum atomic E-state index is 10.4. The van der Waals surface area contributed by atoms with Crippen LogP contribution in [0.2, 0.25) is 0 Å². The molecule has 33 heavy (non-hydrogen) atoms. The molecule has 196 valence electrons. The van der Waals surface area contributed by atoms with Gasteiger partial charge in [0.15, 0.2) is 0 Å². The first-order valence-corrected chi connectivity index (χ1v) is 14.7. The van der Waals surface area contributed by atoms with Crippen LogP contribution in [0.5, 0.6) is 0 Å². The molecule has 0 saturated carbocycles. The van der Waals surface area contributed by atoms with Gasteiger partial charge in [-0.3, -0.25) is 4.79 Å². The quantitative estimate of drug-likeness (QED) is 0.0890. The van der Waals surface area contributed by atoms with Crippen molar-refractivity contribution in [2.75, 3.05) is 6.61 Å². The van der Waals surface area contributed by atoms with E-state index in [1.165, 1.54) is 141 Å². The first kappa shape index (κ1) is 32.2. The molecular weight excluding hydrogens is 408 g/mol. The third-order valence-corrected chi connectivity index (χ3v) is 6.71. The van der Waals surface area contributed by atoms with Crippen molar-refractivity contribution in [3.63, 3.8) is 0 Å². The summed E-state index contributed by atoms with van der Waals surface area (Å²) in [5.74, 6) is -0.654. The Morgan fingerprint density at radius 3 is 1.00 bits per heavy atom. The summed E-state index contributed by atoms with van der Waals surface area (Å²) in [7, 11) is 0. The second kappa shape index (κ2) is 29.2. The van der Waals surface area contributed by atoms with Gasteiger partial charge in [0, 0.05) is 13.0 Å². The molecule has 0 aromatic rings. The van der Waals surface area contributed by atoms with Crippen molar-refractivity contribution < 1.29 is 15.0 Å². The number of aliphatic hydroxyl groups excluding tert-OH is 1. The van der Waals surface area contributed by atoms with Crippen molar-refractivity contribution in [1.29, 1.82) is 0 Å². The third-order valence-electron chi connectivity index (χ3n) is 6.71. The number of rotatable bonds is 28. The molecule has 0 amide bonds. The molecule has 3 nitrogen and oxygen atoms in total. The number of hydrogen-bond donors (Lipinski definition) is 2. The van der Waals surface area contributed by atoms with Gasteiger partial charge in [0.2, 0.25) is 0 Å². The maximum Gasteiger partial charge on any atom is 0.303 e. The van der Waals surface area contributed by atoms with Crippen molar-refractivity contribution in [2.24, 2.45) is 0 Å². The molecule has 0 saturated heterocycles. The summed E-state index contributed by atoms with van der Waals surface area (Å²) in [5.41, 5.74) is 0. The molecule has 3 heteroatoms. The van der Waals surface area contributed by atoms with Crippen LogP contribution in [0.3, 0.4) is 0 Å². The Kier molecular flexibility index (Phi) is 28.5. The van der Waals surface area contributed by atoms with Crippen LogP contribution in [-0.4, -0.2) is 22.8 Å². The van der Waals surface area contributed by atoms with Gasteiger partial charge in [-0.1, -0.05) is 134 Å². The van der Waals surface area contributed by atoms with E-state index in [1.54, 1.807) is 0 Å². The lowest BCUT2D eigenvalue weighted by atomic mass is 10.0. The van der Waals surface area contributed by atoms with Crippen LogP contribution in [0.1, 0.15) is 167 Å². The molecule has 0 atom stereocenters. The minimum Gasteiger partial charge on any atom is -0.481 e. The zero-order valence-electron chi connectivity index (χ0n) is 22.0. The molecule has 0 fully saturated rings. The summed E-state index contributed by atoms with van der Waals surface area (Å²) in [4.78, 5) is 10.4. The Morgan fingerprint density at radius 1 is 0.424 bits per heavy atom. The normalized spacial score (nSPS) is 11.5. The Hall–Kier alpha value is -0.830. The van der Waals surface area contributed by atoms with E-state index >= 15 is 0 Å². The molecule has 2 N–H and O–H groups in total. The highest BCUT2D eigenvalue weighted by molar-refractivity contribution is 5.66. The number of aliphatic carboxylic acids is 1. The first-order valence-electron chi connectivity index (χ1n) is 14.7. The molecule has 0 bridgehead atoms. The average molecular weight is 467 g/mol. The summed E-state index contributed by atoms with van der Waals surface area (Å²) in [6.45, 7) is 0.346. The summed E-state index contributed by atoms with van der Waals surface area (Å²) in [5, 5.41) is 17.3. The van der Waals surface area contributed by atoms with E-state index in [0.29, 0.717) is 13.0 Å². The predicted molar refractivity (Wildman–Crippen MR) is 144 cm³/mol. The molecular formula is C30H58O3. The Morgan fingerprint density at radius 2 is 0.697 bits per heavy atom. The molecule has 0 aliphatic carbocycles. The van der Waals surface area contributed by atoms with E-state index in [-0.39, 0.29) is 0 Å². The van der Waals surface area contributed by atoms with Gasteiger partial charge in [0.1, 0.15) is 0 Å². The van der Waals surface area contributed by atoms with E-state index in [4.69, 9.17) is 10.2 Å². The van der Waals surface area contributed by atoms with E-state index in [0.717, 1.165) is 19.3 Å². The van der Waals surface area contributed by atoms with Crippen LogP contribution < -0.4 is 0 Å². The van der Waals surface area contributed by atoms with E-state index in [1.807, 2.05) is 0 Å². The Bertz CT molecular complexity index is 405. The van der Waals surface area contributed by atoms with Crippen LogP contribution >= 0.6 is 0 Å². The molecule has 0 rings (SSSR count). The van der Waals surface area contributed by atoms with Gasteiger partial charge in [-0.05, 0) is 38.5 Å². The minimum atomic E-state index is -0.654. The molecule has 0 aliphatic rings. The van der Waals surface area contributed by atoms with Crippen molar-refractivity contribution in [3.05, 3.63) is 12.2 Å². The van der Waals surface area contributed by atoms with E-state index in [9.17, 15) is 4.79 Å². The Labute approximate surface area is 206 Å². The Balaban J connectivity index is 3.06. The summed E-state index contributed by atoms with van der Waals surface area (Å²) >= 11 is 0. The average Bonchev–Trinajstić information content (AvgIpc) is 2.80. The lowest BCUT2D eigenvalue weighted by Gasteiger charge is -2.04. The largest absolute Gasteiger partial charge is 0.481 e. The topological polar surface area (TPSA) is 57.5 Å². The molecule has 0 aromatic heterocycles. The van der Waals surface area contributed by atoms with Crippen LogP contribution in [0.25, 0.3) is 0 Å². The number of allylic oxidation sites excluding steroid dienone is 2. The fourth-order valence-electron chi connectivity index (χ4n) is 4.51. The fraction of sp³-hybridized carbons (Fsp3) is 0.900. The van der Waals surface area contributed by atoms with E-state index in [2.05, 4.69) is 12.2 Å². The van der Waals surface area contributed by atoms with Crippen LogP contribution in [0.15, 0.2) is 12.2 Å². The standard InChI is InChI=1S/C30H58O3/c31-29-27-25-23-21-19-17-15-13-11-9-7-5-3-1-2-4-6-8-10-12-14-16-18-20-22-24-26-28-30(32)33/h15,17,31H,1-14,16,18-29H2,(H,32,33)/b17-15-. The van der Waals surface area contributed by atoms with Gasteiger partial charge < -0.3 is 10.2 Å². The smallest absolute Gasteiger partial charge is 0.303 e. The van der Waals surface area contributed by atoms with Gasteiger partial charge in [-0.15, -0.1) is 0 Å². The zero-order chi connectivity index (χ0) is 24.1. The summed E-state index contributed by atoms with van der Waals surface area (Å²) in [6, 6.07) is 0. The van der Waals surface area contributed by atoms with Gasteiger partial charge in [0.05, 0.1) is 0 Å². The third kappa shape index (κ3) is 31.2. The van der Waals surface area contributed by atoms with Crippen molar-refractivity contribution >= 4 is 5.97 Å². The second-order valence-corrected chi connectivity index (χ2v) is 10.0. The lowest BCUT2D eigenvalue weighted by molar-refractivity contribution is -0.137. The molecule has 0 aromatic carbocycles. The number of carboxylic acid groups (broad SMARTS) is 1. The molecule has 0 spiro atoms. The lowest BCUT2D eigenvalue weighted by Crippen LogP contribution is -1.93. The summed E-state index contributed by atoms with van der Waals surface area (Å²) in [6.07, 6.45) is 37.7. The number of carbonyl (C=O) groups is 1. The van der Waals surface area contributed by atoms with Crippen LogP contribution in [-0.2, 0) is 4.79 Å². The van der Waals surface area contributed by atoms with Gasteiger partial charge in [-0.25, -0.2) is 0 Å². The minimum absolute atomic E-state index is 0.340. The fourth-order valence-corrected chi connectivity index (χ4v) is 4.51. The van der Waals surface area contributed by atoms with Gasteiger partial charge >= 0.3 is 5.97 Å². The number of hydrogen-bond acceptors (Lipinski definition) is 2. The number of carboxylic acids is 1. The molecule has 0 radical (unpaired) electrons. The van der Waals surface area contributed by atoms with Crippen molar-refractivity contribution in [1.82, 2.24) is 0 Å². The second-order valence-electron chi connectivity index (χ2n) is 10.0. The van der Waals surface area contributed by atoms with Crippen LogP contribution in [0, 0.1) is 0 Å². The highest BCUT2D eigenvalue weighted by atomic mass is 16.4. The molecule has 0 unspecified atom stereocenters. The van der Waals surface area contributed by atoms with E-state index < -0.39 is 5.97 Å². The summed E-state index contributed by atoms with van der Waals surface area (Å²) < 4.78 is 0. The zero-order valence-corrected chi connectivity index (χ0v) is 22.0. The molecule has 0 aliphatic heterocycles. The first-order chi connectivity index (χ1) is 16.3. The highest BCUT2D eigenvalue weighted by Crippen LogP contribution is 2.15. The van der Waals surface area contributed by atoms with Crippen molar-refractivity contribution in [3.8, 4) is 0 Å². The highest BCUT2D eigenvalue weighted by Gasteiger charge is 1.97. The van der Waals surface area contributed by atoms with Crippen molar-refractivity contribution in [2.45, 2.75) is 167 Å². The van der Waals surface area contributed by atoms with Crippen LogP contribution in [0.4, 0.5) is 0 Å². The van der Waals surface area contributed by atoms with Gasteiger partial charge in [-0.2, -0.15) is 0 Å². The predicted octanol–water partition coefficient (Wildman–Crippen LogP) is 9.76. The maximum absolute atomic E-state index is 10.4. The number of unbranched alkanes of at least 4 members (excludes halogenated alkanes) is 23. The monoisotopic (exact) mass is 466 g/mol.